The van der Waals surface area contributed by atoms with E-state index in [1.54, 1.807) is 0 Å². The number of benzene rings is 1. The van der Waals surface area contributed by atoms with Crippen molar-refractivity contribution in [3.63, 3.8) is 0 Å². The molecule has 0 atom stereocenters. The number of fused-ring (bicyclic) bond motifs is 1. The van der Waals surface area contributed by atoms with Crippen LogP contribution in [0.2, 0.25) is 0 Å². The molecule has 2 aromatic rings. The van der Waals surface area contributed by atoms with Crippen LogP contribution >= 0.6 is 0 Å². The van der Waals surface area contributed by atoms with E-state index in [9.17, 15) is 5.11 Å². The molecule has 5 heteroatoms. The highest BCUT2D eigenvalue weighted by atomic mass is 16.3. The zero-order valence-corrected chi connectivity index (χ0v) is 11.6. The van der Waals surface area contributed by atoms with Gasteiger partial charge >= 0.3 is 0 Å². The molecule has 1 aromatic carbocycles. The fourth-order valence-electron chi connectivity index (χ4n) is 2.26. The number of nitrogen functional groups attached to an aromatic ring is 1. The molecule has 0 saturated carbocycles. The van der Waals surface area contributed by atoms with E-state index in [1.165, 1.54) is 0 Å². The van der Waals surface area contributed by atoms with Crippen LogP contribution in [0.1, 0.15) is 18.9 Å². The number of pyridine rings is 1. The Morgan fingerprint density at radius 3 is 2.75 bits per heavy atom. The first-order chi connectivity index (χ1) is 9.67. The first-order valence-corrected chi connectivity index (χ1v) is 6.77. The highest BCUT2D eigenvalue weighted by Crippen LogP contribution is 2.23. The molecular formula is C15H20N4O. The summed E-state index contributed by atoms with van der Waals surface area (Å²) in [7, 11) is 0. The van der Waals surface area contributed by atoms with E-state index in [0.717, 1.165) is 23.9 Å². The summed E-state index contributed by atoms with van der Waals surface area (Å²) in [5.41, 5.74) is 7.17. The van der Waals surface area contributed by atoms with Crippen molar-refractivity contribution in [1.29, 1.82) is 5.41 Å². The number of aliphatic hydroxyl groups excluding tert-OH is 1. The molecule has 0 radical (unpaired) electrons. The fourth-order valence-corrected chi connectivity index (χ4v) is 2.26. The van der Waals surface area contributed by atoms with E-state index in [1.807, 2.05) is 35.2 Å². The number of nitrogens with one attached hydrogen (secondary N) is 1. The van der Waals surface area contributed by atoms with E-state index in [-0.39, 0.29) is 12.4 Å². The first kappa shape index (κ1) is 14.3. The number of rotatable bonds is 6. The van der Waals surface area contributed by atoms with Gasteiger partial charge < -0.3 is 15.7 Å². The van der Waals surface area contributed by atoms with E-state index >= 15 is 0 Å². The van der Waals surface area contributed by atoms with E-state index < -0.39 is 0 Å². The van der Waals surface area contributed by atoms with Crippen molar-refractivity contribution >= 4 is 22.6 Å². The van der Waals surface area contributed by atoms with Crippen LogP contribution in [0, 0.1) is 5.41 Å². The summed E-state index contributed by atoms with van der Waals surface area (Å²) in [4.78, 5) is 6.60. The predicted molar refractivity (Wildman–Crippen MR) is 82.3 cm³/mol. The molecule has 0 saturated heterocycles. The molecule has 0 unspecified atom stereocenters. The van der Waals surface area contributed by atoms with Gasteiger partial charge in [0.15, 0.2) is 0 Å². The van der Waals surface area contributed by atoms with Crippen molar-refractivity contribution in [2.75, 3.05) is 24.6 Å². The number of para-hydroxylation sites is 1. The van der Waals surface area contributed by atoms with Crippen LogP contribution in [0.25, 0.3) is 10.9 Å². The minimum atomic E-state index is -0.00250. The minimum absolute atomic E-state index is 0.00250. The maximum Gasteiger partial charge on any atom is 0.140 e. The third-order valence-corrected chi connectivity index (χ3v) is 3.16. The van der Waals surface area contributed by atoms with Gasteiger partial charge in [-0.2, -0.15) is 0 Å². The van der Waals surface area contributed by atoms with Crippen LogP contribution in [0.3, 0.4) is 0 Å². The number of hydrogen-bond donors (Lipinski definition) is 3. The van der Waals surface area contributed by atoms with E-state index in [0.29, 0.717) is 17.9 Å². The highest BCUT2D eigenvalue weighted by molar-refractivity contribution is 6.03. The van der Waals surface area contributed by atoms with Gasteiger partial charge in [-0.3, -0.25) is 5.41 Å². The topological polar surface area (TPSA) is 86.2 Å². The Bertz CT molecular complexity index is 606. The van der Waals surface area contributed by atoms with Crippen molar-refractivity contribution in [3.8, 4) is 0 Å². The summed E-state index contributed by atoms with van der Waals surface area (Å²) in [6, 6.07) is 9.65. The summed E-state index contributed by atoms with van der Waals surface area (Å²) in [6.07, 6.45) is 0.936. The summed E-state index contributed by atoms with van der Waals surface area (Å²) in [5, 5.41) is 17.9. The average Bonchev–Trinajstić information content (AvgIpc) is 2.45. The summed E-state index contributed by atoms with van der Waals surface area (Å²) < 4.78 is 0. The molecule has 0 aliphatic rings. The van der Waals surface area contributed by atoms with Crippen LogP contribution < -0.4 is 10.6 Å². The third kappa shape index (κ3) is 2.88. The highest BCUT2D eigenvalue weighted by Gasteiger charge is 2.15. The van der Waals surface area contributed by atoms with E-state index in [4.69, 9.17) is 11.1 Å². The Labute approximate surface area is 118 Å². The number of amidine groups is 1. The van der Waals surface area contributed by atoms with Crippen LogP contribution in [0.4, 0.5) is 5.82 Å². The molecule has 0 bridgehead atoms. The SMILES string of the molecule is CCCN(CCO)c1nc2ccccc2cc1C(=N)N. The van der Waals surface area contributed by atoms with Crippen LogP contribution in [-0.2, 0) is 0 Å². The fraction of sp³-hybridized carbons (Fsp3) is 0.333. The number of aromatic nitrogens is 1. The zero-order valence-electron chi connectivity index (χ0n) is 11.6. The zero-order chi connectivity index (χ0) is 14.5. The standard InChI is InChI=1S/C15H20N4O/c1-2-7-19(8-9-20)15-12(14(16)17)10-11-5-3-4-6-13(11)18-15/h3-6,10,20H,2,7-9H2,1H3,(H3,16,17). The number of hydrogen-bond acceptors (Lipinski definition) is 4. The Hall–Kier alpha value is -2.14. The second-order valence-corrected chi connectivity index (χ2v) is 4.68. The molecule has 0 aliphatic heterocycles. The third-order valence-electron chi connectivity index (χ3n) is 3.16. The van der Waals surface area contributed by atoms with Gasteiger partial charge in [-0.25, -0.2) is 4.98 Å². The van der Waals surface area contributed by atoms with Gasteiger partial charge in [0.1, 0.15) is 11.7 Å². The largest absolute Gasteiger partial charge is 0.395 e. The smallest absolute Gasteiger partial charge is 0.140 e. The lowest BCUT2D eigenvalue weighted by molar-refractivity contribution is 0.301. The Kier molecular flexibility index (Phi) is 4.53. The maximum absolute atomic E-state index is 9.21. The molecule has 1 aromatic heterocycles. The van der Waals surface area contributed by atoms with Crippen LogP contribution in [0.15, 0.2) is 30.3 Å². The van der Waals surface area contributed by atoms with Gasteiger partial charge in [0.05, 0.1) is 17.7 Å². The van der Waals surface area contributed by atoms with Crippen molar-refractivity contribution in [2.45, 2.75) is 13.3 Å². The summed E-state index contributed by atoms with van der Waals surface area (Å²) in [5.74, 6) is 0.671. The number of aliphatic hydroxyl groups is 1. The molecular weight excluding hydrogens is 252 g/mol. The Balaban J connectivity index is 2.58. The lowest BCUT2D eigenvalue weighted by Gasteiger charge is -2.24. The molecule has 2 rings (SSSR count). The molecule has 0 aliphatic carbocycles. The van der Waals surface area contributed by atoms with E-state index in [2.05, 4.69) is 11.9 Å². The maximum atomic E-state index is 9.21. The van der Waals surface area contributed by atoms with Gasteiger partial charge in [0.2, 0.25) is 0 Å². The Morgan fingerprint density at radius 2 is 2.10 bits per heavy atom. The molecule has 0 fully saturated rings. The summed E-state index contributed by atoms with van der Waals surface area (Å²) >= 11 is 0. The second-order valence-electron chi connectivity index (χ2n) is 4.68. The second kappa shape index (κ2) is 6.34. The first-order valence-electron chi connectivity index (χ1n) is 6.77. The Morgan fingerprint density at radius 1 is 1.35 bits per heavy atom. The average molecular weight is 272 g/mol. The molecule has 106 valence electrons. The van der Waals surface area contributed by atoms with Crippen molar-refractivity contribution in [3.05, 3.63) is 35.9 Å². The lowest BCUT2D eigenvalue weighted by atomic mass is 10.1. The monoisotopic (exact) mass is 272 g/mol. The molecule has 4 N–H and O–H groups in total. The number of nitrogens with zero attached hydrogens (tertiary/aromatic N) is 2. The normalized spacial score (nSPS) is 10.7. The molecule has 5 nitrogen and oxygen atoms in total. The summed E-state index contributed by atoms with van der Waals surface area (Å²) in [6.45, 7) is 3.37. The van der Waals surface area contributed by atoms with Gasteiger partial charge in [-0.1, -0.05) is 25.1 Å². The van der Waals surface area contributed by atoms with Gasteiger partial charge in [-0.15, -0.1) is 0 Å². The van der Waals surface area contributed by atoms with Crippen molar-refractivity contribution in [2.24, 2.45) is 5.73 Å². The molecule has 0 spiro atoms. The van der Waals surface area contributed by atoms with Crippen LogP contribution in [-0.4, -0.2) is 35.6 Å². The molecule has 20 heavy (non-hydrogen) atoms. The minimum Gasteiger partial charge on any atom is -0.395 e. The number of anilines is 1. The molecule has 1 heterocycles. The lowest BCUT2D eigenvalue weighted by Crippen LogP contribution is -2.31. The molecule has 0 amide bonds. The van der Waals surface area contributed by atoms with Crippen molar-refractivity contribution < 1.29 is 5.11 Å². The quantitative estimate of drug-likeness (QED) is 0.552. The predicted octanol–water partition coefficient (Wildman–Crippen LogP) is 1.73. The van der Waals surface area contributed by atoms with Crippen molar-refractivity contribution in [1.82, 2.24) is 4.98 Å². The number of nitrogens with two attached hydrogens (primary N) is 1. The van der Waals surface area contributed by atoms with Gasteiger partial charge in [-0.05, 0) is 18.6 Å². The van der Waals surface area contributed by atoms with Gasteiger partial charge in [0, 0.05) is 18.5 Å². The van der Waals surface area contributed by atoms with Crippen LogP contribution in [0.5, 0.6) is 0 Å². The van der Waals surface area contributed by atoms with Gasteiger partial charge in [0.25, 0.3) is 0 Å².